The Morgan fingerprint density at radius 1 is 0.317 bits per heavy atom. The van der Waals surface area contributed by atoms with Crippen molar-refractivity contribution in [1.82, 2.24) is 0 Å². The van der Waals surface area contributed by atoms with Crippen LogP contribution in [0.15, 0.2) is 48.6 Å². The van der Waals surface area contributed by atoms with Crippen LogP contribution >= 0.6 is 0 Å². The molecule has 1 unspecified atom stereocenters. The average molecular weight is 883 g/mol. The third kappa shape index (κ3) is 50.2. The molecule has 0 heterocycles. The number of carbonyl (C=O) groups excluding carboxylic acids is 3. The first-order chi connectivity index (χ1) is 31.0. The van der Waals surface area contributed by atoms with Crippen LogP contribution in [0.1, 0.15) is 278 Å². The topological polar surface area (TPSA) is 78.9 Å². The van der Waals surface area contributed by atoms with Gasteiger partial charge in [0.2, 0.25) is 0 Å². The van der Waals surface area contributed by atoms with E-state index in [1.165, 1.54) is 141 Å². The van der Waals surface area contributed by atoms with Crippen molar-refractivity contribution in [3.8, 4) is 0 Å². The first-order valence-corrected chi connectivity index (χ1v) is 27.2. The van der Waals surface area contributed by atoms with Crippen LogP contribution in [0.4, 0.5) is 0 Å². The molecular weight excluding hydrogens is 781 g/mol. The highest BCUT2D eigenvalue weighted by Gasteiger charge is 2.19. The summed E-state index contributed by atoms with van der Waals surface area (Å²) in [6, 6.07) is 0. The molecule has 0 spiro atoms. The fourth-order valence-electron chi connectivity index (χ4n) is 7.66. The predicted octanol–water partition coefficient (Wildman–Crippen LogP) is 17.9. The number of hydrogen-bond acceptors (Lipinski definition) is 6. The lowest BCUT2D eigenvalue weighted by Gasteiger charge is -2.18. The predicted molar refractivity (Wildman–Crippen MR) is 270 cm³/mol. The van der Waals surface area contributed by atoms with Crippen molar-refractivity contribution in [2.24, 2.45) is 0 Å². The maximum absolute atomic E-state index is 12.8. The molecule has 0 aromatic heterocycles. The van der Waals surface area contributed by atoms with Gasteiger partial charge in [-0.15, -0.1) is 0 Å². The van der Waals surface area contributed by atoms with Crippen molar-refractivity contribution >= 4 is 17.9 Å². The third-order valence-corrected chi connectivity index (χ3v) is 11.8. The van der Waals surface area contributed by atoms with Crippen LogP contribution < -0.4 is 0 Å². The first-order valence-electron chi connectivity index (χ1n) is 27.2. The highest BCUT2D eigenvalue weighted by Crippen LogP contribution is 2.14. The van der Waals surface area contributed by atoms with Crippen LogP contribution in [0.5, 0.6) is 0 Å². The van der Waals surface area contributed by atoms with E-state index in [4.69, 9.17) is 14.2 Å². The van der Waals surface area contributed by atoms with Gasteiger partial charge >= 0.3 is 17.9 Å². The number of hydrogen-bond donors (Lipinski definition) is 0. The van der Waals surface area contributed by atoms with Crippen molar-refractivity contribution < 1.29 is 28.6 Å². The Kier molecular flexibility index (Phi) is 49.8. The number of rotatable bonds is 49. The van der Waals surface area contributed by atoms with Crippen LogP contribution in [0.3, 0.4) is 0 Å². The molecule has 0 aromatic carbocycles. The molecule has 6 nitrogen and oxygen atoms in total. The summed E-state index contributed by atoms with van der Waals surface area (Å²) in [5.41, 5.74) is 0. The summed E-state index contributed by atoms with van der Waals surface area (Å²) in [5, 5.41) is 0. The molecule has 0 saturated heterocycles. The molecule has 0 radical (unpaired) electrons. The van der Waals surface area contributed by atoms with Gasteiger partial charge in [0.1, 0.15) is 13.2 Å². The lowest BCUT2D eigenvalue weighted by Crippen LogP contribution is -2.30. The summed E-state index contributed by atoms with van der Waals surface area (Å²) < 4.78 is 16.8. The molecule has 63 heavy (non-hydrogen) atoms. The van der Waals surface area contributed by atoms with Crippen molar-refractivity contribution in [3.63, 3.8) is 0 Å². The highest BCUT2D eigenvalue weighted by atomic mass is 16.6. The van der Waals surface area contributed by atoms with Gasteiger partial charge in [-0.05, 0) is 96.3 Å². The molecule has 0 aliphatic carbocycles. The molecule has 6 heteroatoms. The highest BCUT2D eigenvalue weighted by molar-refractivity contribution is 5.71. The fourth-order valence-corrected chi connectivity index (χ4v) is 7.66. The molecule has 0 rings (SSSR count). The van der Waals surface area contributed by atoms with E-state index in [0.29, 0.717) is 19.3 Å². The van der Waals surface area contributed by atoms with E-state index in [9.17, 15) is 14.4 Å². The zero-order valence-corrected chi connectivity index (χ0v) is 41.8. The minimum absolute atomic E-state index is 0.0919. The van der Waals surface area contributed by atoms with Gasteiger partial charge in [-0.25, -0.2) is 0 Å². The second-order valence-electron chi connectivity index (χ2n) is 18.2. The summed E-state index contributed by atoms with van der Waals surface area (Å²) in [5.74, 6) is -0.933. The van der Waals surface area contributed by atoms with E-state index < -0.39 is 6.10 Å². The summed E-state index contributed by atoms with van der Waals surface area (Å²) in [7, 11) is 0. The van der Waals surface area contributed by atoms with Gasteiger partial charge in [-0.3, -0.25) is 14.4 Å². The number of allylic oxidation sites excluding steroid dienone is 8. The Labute approximate surface area is 390 Å². The summed E-state index contributed by atoms with van der Waals surface area (Å²) >= 11 is 0. The minimum atomic E-state index is -0.793. The van der Waals surface area contributed by atoms with Gasteiger partial charge < -0.3 is 14.2 Å². The lowest BCUT2D eigenvalue weighted by atomic mass is 10.1. The summed E-state index contributed by atoms with van der Waals surface area (Å²) in [6.45, 7) is 6.60. The second kappa shape index (κ2) is 52.0. The number of unbranched alkanes of at least 4 members (excludes halogenated alkanes) is 31. The normalized spacial score (nSPS) is 12.4. The second-order valence-corrected chi connectivity index (χ2v) is 18.2. The van der Waals surface area contributed by atoms with E-state index in [-0.39, 0.29) is 31.1 Å². The number of esters is 3. The van der Waals surface area contributed by atoms with E-state index >= 15 is 0 Å². The number of carbonyl (C=O) groups is 3. The van der Waals surface area contributed by atoms with Crippen molar-refractivity contribution in [1.29, 1.82) is 0 Å². The van der Waals surface area contributed by atoms with E-state index in [0.717, 1.165) is 96.3 Å². The van der Waals surface area contributed by atoms with Crippen molar-refractivity contribution in [2.45, 2.75) is 284 Å². The first kappa shape index (κ1) is 60.4. The van der Waals surface area contributed by atoms with Crippen LogP contribution in [0, 0.1) is 0 Å². The monoisotopic (exact) mass is 883 g/mol. The van der Waals surface area contributed by atoms with Gasteiger partial charge in [-0.2, -0.15) is 0 Å². The molecule has 0 aromatic rings. The van der Waals surface area contributed by atoms with Gasteiger partial charge in [-0.1, -0.05) is 211 Å². The molecule has 1 atom stereocenters. The molecule has 0 aliphatic heterocycles. The third-order valence-electron chi connectivity index (χ3n) is 11.8. The minimum Gasteiger partial charge on any atom is -0.462 e. The van der Waals surface area contributed by atoms with Crippen LogP contribution in [-0.4, -0.2) is 37.2 Å². The van der Waals surface area contributed by atoms with Gasteiger partial charge in [0.05, 0.1) is 0 Å². The van der Waals surface area contributed by atoms with Crippen molar-refractivity contribution in [2.75, 3.05) is 13.2 Å². The largest absolute Gasteiger partial charge is 0.462 e. The fraction of sp³-hybridized carbons (Fsp3) is 0.807. The maximum atomic E-state index is 12.8. The maximum Gasteiger partial charge on any atom is 0.306 e. The summed E-state index contributed by atoms with van der Waals surface area (Å²) in [6.07, 6.45) is 62.4. The zero-order valence-electron chi connectivity index (χ0n) is 41.8. The smallest absolute Gasteiger partial charge is 0.306 e. The average Bonchev–Trinajstić information content (AvgIpc) is 3.28. The van der Waals surface area contributed by atoms with Gasteiger partial charge in [0.15, 0.2) is 6.10 Å². The SMILES string of the molecule is CCCCCCCC/C=C\CCCCCC(=O)OCC(COC(=O)CCCCC/C=C\C=C/CCCCCCCCC)OC(=O)CCCCCCC/C=C\CCCCCCCCC. The quantitative estimate of drug-likeness (QED) is 0.0199. The van der Waals surface area contributed by atoms with Gasteiger partial charge in [0.25, 0.3) is 0 Å². The standard InChI is InChI=1S/C57H102O6/c1-4-7-10-13-16-19-22-25-27-29-32-35-38-41-44-47-50-56(59)62-53-54(52-61-55(58)49-46-43-40-37-34-31-24-21-18-15-12-9-6-3)63-57(60)51-48-45-42-39-36-33-30-28-26-23-20-17-14-11-8-5-2/h27-32,34-35,54H,4-26,33,36-53H2,1-3H3/b29-27-,30-28-,34-31-,35-32-. The van der Waals surface area contributed by atoms with Crippen LogP contribution in [-0.2, 0) is 28.6 Å². The zero-order chi connectivity index (χ0) is 45.8. The molecule has 0 saturated carbocycles. The molecular formula is C57H102O6. The Bertz CT molecular complexity index is 1110. The number of ether oxygens (including phenoxy) is 3. The Morgan fingerprint density at radius 3 is 0.905 bits per heavy atom. The van der Waals surface area contributed by atoms with Gasteiger partial charge in [0, 0.05) is 19.3 Å². The van der Waals surface area contributed by atoms with Crippen LogP contribution in [0.2, 0.25) is 0 Å². The Morgan fingerprint density at radius 2 is 0.571 bits per heavy atom. The summed E-state index contributed by atoms with van der Waals surface area (Å²) in [4.78, 5) is 38.0. The van der Waals surface area contributed by atoms with E-state index in [1.54, 1.807) is 0 Å². The van der Waals surface area contributed by atoms with Crippen molar-refractivity contribution in [3.05, 3.63) is 48.6 Å². The lowest BCUT2D eigenvalue weighted by molar-refractivity contribution is -0.167. The molecule has 366 valence electrons. The molecule has 0 bridgehead atoms. The molecule has 0 aliphatic rings. The Balaban J connectivity index is 4.44. The van der Waals surface area contributed by atoms with Crippen LogP contribution in [0.25, 0.3) is 0 Å². The molecule has 0 N–H and O–H groups in total. The molecule has 0 amide bonds. The molecule has 0 fully saturated rings. The Hall–Kier alpha value is -2.63. The van der Waals surface area contributed by atoms with E-state index in [1.807, 2.05) is 0 Å². The van der Waals surface area contributed by atoms with E-state index in [2.05, 4.69) is 69.4 Å².